The van der Waals surface area contributed by atoms with E-state index in [1.807, 2.05) is 11.0 Å². The third-order valence-corrected chi connectivity index (χ3v) is 4.12. The molecular formula is C18H24N2O3. The lowest BCUT2D eigenvalue weighted by Crippen LogP contribution is -2.50. The first-order chi connectivity index (χ1) is 11.2. The summed E-state index contributed by atoms with van der Waals surface area (Å²) in [6.07, 6.45) is 5.52. The molecule has 1 aliphatic heterocycles. The van der Waals surface area contributed by atoms with Gasteiger partial charge in [-0.25, -0.2) is 0 Å². The third-order valence-electron chi connectivity index (χ3n) is 4.12. The predicted octanol–water partition coefficient (Wildman–Crippen LogP) is 2.17. The molecule has 0 bridgehead atoms. The summed E-state index contributed by atoms with van der Waals surface area (Å²) in [5.74, 6) is -0.271. The molecule has 1 aromatic rings. The molecule has 1 unspecified atom stereocenters. The molecule has 2 rings (SSSR count). The number of unbranched alkanes of at least 4 members (excludes halogenated alkanes) is 1. The van der Waals surface area contributed by atoms with Crippen LogP contribution < -0.4 is 5.32 Å². The van der Waals surface area contributed by atoms with Gasteiger partial charge in [-0.15, -0.1) is 0 Å². The summed E-state index contributed by atoms with van der Waals surface area (Å²) in [5, 5.41) is 2.84. The lowest BCUT2D eigenvalue weighted by atomic mass is 10.0. The second kappa shape index (κ2) is 9.08. The summed E-state index contributed by atoms with van der Waals surface area (Å²) in [4.78, 5) is 37.4. The van der Waals surface area contributed by atoms with Crippen LogP contribution >= 0.6 is 0 Å². The maximum absolute atomic E-state index is 12.7. The molecule has 1 fully saturated rings. The van der Waals surface area contributed by atoms with Gasteiger partial charge in [0, 0.05) is 25.1 Å². The first kappa shape index (κ1) is 17.2. The molecule has 0 radical (unpaired) electrons. The van der Waals surface area contributed by atoms with Crippen molar-refractivity contribution in [2.45, 2.75) is 44.6 Å². The summed E-state index contributed by atoms with van der Waals surface area (Å²) in [6, 6.07) is 8.33. The van der Waals surface area contributed by atoms with Crippen molar-refractivity contribution in [3.8, 4) is 0 Å². The Balaban J connectivity index is 2.01. The van der Waals surface area contributed by atoms with Crippen LogP contribution in [0, 0.1) is 0 Å². The minimum absolute atomic E-state index is 0.0279. The van der Waals surface area contributed by atoms with E-state index in [-0.39, 0.29) is 11.8 Å². The highest BCUT2D eigenvalue weighted by molar-refractivity contribution is 5.97. The van der Waals surface area contributed by atoms with E-state index in [1.54, 1.807) is 24.3 Å². The Labute approximate surface area is 137 Å². The molecule has 124 valence electrons. The predicted molar refractivity (Wildman–Crippen MR) is 88.0 cm³/mol. The summed E-state index contributed by atoms with van der Waals surface area (Å²) >= 11 is 0. The molecule has 0 aromatic heterocycles. The molecule has 1 saturated heterocycles. The number of nitrogens with one attached hydrogen (secondary N) is 1. The minimum atomic E-state index is -0.555. The van der Waals surface area contributed by atoms with Gasteiger partial charge in [-0.1, -0.05) is 18.2 Å². The Hall–Kier alpha value is -2.17. The van der Waals surface area contributed by atoms with Crippen LogP contribution in [0.25, 0.3) is 0 Å². The smallest absolute Gasteiger partial charge is 0.251 e. The Morgan fingerprint density at radius 3 is 2.48 bits per heavy atom. The fourth-order valence-electron chi connectivity index (χ4n) is 2.83. The normalized spacial score (nSPS) is 15.7. The summed E-state index contributed by atoms with van der Waals surface area (Å²) in [6.45, 7) is 1.51. The topological polar surface area (TPSA) is 66.5 Å². The number of amides is 2. The van der Waals surface area contributed by atoms with Crippen LogP contribution in [0.2, 0.25) is 0 Å². The summed E-state index contributed by atoms with van der Waals surface area (Å²) < 4.78 is 0. The van der Waals surface area contributed by atoms with Gasteiger partial charge < -0.3 is 15.0 Å². The van der Waals surface area contributed by atoms with Gasteiger partial charge in [-0.3, -0.25) is 9.59 Å². The molecule has 1 N–H and O–H groups in total. The lowest BCUT2D eigenvalue weighted by Gasteiger charge is -2.30. The number of nitrogens with zero attached hydrogens (tertiary/aromatic N) is 1. The number of benzene rings is 1. The van der Waals surface area contributed by atoms with Crippen molar-refractivity contribution in [3.05, 3.63) is 35.9 Å². The number of hydrogen-bond donors (Lipinski definition) is 1. The van der Waals surface area contributed by atoms with Gasteiger partial charge in [0.05, 0.1) is 0 Å². The zero-order chi connectivity index (χ0) is 16.5. The minimum Gasteiger partial charge on any atom is -0.341 e. The Morgan fingerprint density at radius 2 is 1.83 bits per heavy atom. The quantitative estimate of drug-likeness (QED) is 0.619. The van der Waals surface area contributed by atoms with Crippen LogP contribution in [0.1, 0.15) is 48.9 Å². The maximum atomic E-state index is 12.7. The van der Waals surface area contributed by atoms with Gasteiger partial charge in [0.15, 0.2) is 0 Å². The van der Waals surface area contributed by atoms with Crippen LogP contribution in [-0.4, -0.2) is 42.1 Å². The highest BCUT2D eigenvalue weighted by atomic mass is 16.2. The second-order valence-corrected chi connectivity index (χ2v) is 5.88. The summed E-state index contributed by atoms with van der Waals surface area (Å²) in [5.41, 5.74) is 0.541. The maximum Gasteiger partial charge on any atom is 0.251 e. The van der Waals surface area contributed by atoms with Crippen molar-refractivity contribution < 1.29 is 14.4 Å². The van der Waals surface area contributed by atoms with Crippen LogP contribution in [0.15, 0.2) is 30.3 Å². The van der Waals surface area contributed by atoms with E-state index >= 15 is 0 Å². The molecule has 2 amide bonds. The average Bonchev–Trinajstić information content (AvgIpc) is 2.62. The zero-order valence-electron chi connectivity index (χ0n) is 13.4. The van der Waals surface area contributed by atoms with Gasteiger partial charge in [-0.2, -0.15) is 0 Å². The molecule has 1 aromatic carbocycles. The van der Waals surface area contributed by atoms with E-state index in [1.165, 1.54) is 0 Å². The Bertz CT molecular complexity index is 524. The molecule has 23 heavy (non-hydrogen) atoms. The summed E-state index contributed by atoms with van der Waals surface area (Å²) in [7, 11) is 0. The second-order valence-electron chi connectivity index (χ2n) is 5.88. The SMILES string of the molecule is O=CCCCC(NC(=O)c1ccccc1)C(=O)N1CCCCC1. The van der Waals surface area contributed by atoms with Crippen molar-refractivity contribution in [2.75, 3.05) is 13.1 Å². The number of carbonyl (C=O) groups is 3. The van der Waals surface area contributed by atoms with E-state index in [9.17, 15) is 14.4 Å². The van der Waals surface area contributed by atoms with Crippen LogP contribution in [-0.2, 0) is 9.59 Å². The van der Waals surface area contributed by atoms with Crippen LogP contribution in [0.4, 0.5) is 0 Å². The van der Waals surface area contributed by atoms with Crippen molar-refractivity contribution in [2.24, 2.45) is 0 Å². The molecule has 1 atom stereocenters. The van der Waals surface area contributed by atoms with E-state index in [4.69, 9.17) is 0 Å². The Kier molecular flexibility index (Phi) is 6.78. The highest BCUT2D eigenvalue weighted by Crippen LogP contribution is 2.13. The van der Waals surface area contributed by atoms with Crippen LogP contribution in [0.5, 0.6) is 0 Å². The Morgan fingerprint density at radius 1 is 1.13 bits per heavy atom. The zero-order valence-corrected chi connectivity index (χ0v) is 13.4. The first-order valence-electron chi connectivity index (χ1n) is 8.30. The van der Waals surface area contributed by atoms with Crippen molar-refractivity contribution in [1.82, 2.24) is 10.2 Å². The number of likely N-dealkylation sites (tertiary alicyclic amines) is 1. The van der Waals surface area contributed by atoms with Crippen molar-refractivity contribution >= 4 is 18.1 Å². The number of aldehydes is 1. The monoisotopic (exact) mass is 316 g/mol. The molecule has 1 heterocycles. The van der Waals surface area contributed by atoms with Gasteiger partial charge in [-0.05, 0) is 44.2 Å². The van der Waals surface area contributed by atoms with E-state index in [2.05, 4.69) is 5.32 Å². The third kappa shape index (κ3) is 5.20. The average molecular weight is 316 g/mol. The molecule has 0 aliphatic carbocycles. The van der Waals surface area contributed by atoms with Gasteiger partial charge in [0.2, 0.25) is 5.91 Å². The van der Waals surface area contributed by atoms with Crippen molar-refractivity contribution in [1.29, 1.82) is 0 Å². The number of carbonyl (C=O) groups excluding carboxylic acids is 3. The fourth-order valence-corrected chi connectivity index (χ4v) is 2.83. The van der Waals surface area contributed by atoms with Crippen molar-refractivity contribution in [3.63, 3.8) is 0 Å². The van der Waals surface area contributed by atoms with Gasteiger partial charge in [0.1, 0.15) is 12.3 Å². The number of hydrogen-bond acceptors (Lipinski definition) is 3. The highest BCUT2D eigenvalue weighted by Gasteiger charge is 2.26. The largest absolute Gasteiger partial charge is 0.341 e. The molecule has 5 nitrogen and oxygen atoms in total. The first-order valence-corrected chi connectivity index (χ1v) is 8.30. The molecular weight excluding hydrogens is 292 g/mol. The van der Waals surface area contributed by atoms with E-state index < -0.39 is 6.04 Å². The molecule has 0 spiro atoms. The van der Waals surface area contributed by atoms with E-state index in [0.29, 0.717) is 24.8 Å². The standard InChI is InChI=1S/C18H24N2O3/c21-14-8-5-11-16(18(23)20-12-6-2-7-13-20)19-17(22)15-9-3-1-4-10-15/h1,3-4,9-10,14,16H,2,5-8,11-13H2,(H,19,22). The van der Waals surface area contributed by atoms with Gasteiger partial charge in [0.25, 0.3) is 5.91 Å². The van der Waals surface area contributed by atoms with E-state index in [0.717, 1.165) is 38.6 Å². The van der Waals surface area contributed by atoms with Crippen LogP contribution in [0.3, 0.4) is 0 Å². The fraction of sp³-hybridized carbons (Fsp3) is 0.500. The van der Waals surface area contributed by atoms with Gasteiger partial charge >= 0.3 is 0 Å². The number of rotatable bonds is 7. The number of piperidine rings is 1. The lowest BCUT2D eigenvalue weighted by molar-refractivity contribution is -0.134. The molecule has 1 aliphatic rings. The molecule has 0 saturated carbocycles. The molecule has 5 heteroatoms.